The molecule has 3 aromatic rings. The molecule has 0 aliphatic heterocycles. The average molecular weight is 435 g/mol. The summed E-state index contributed by atoms with van der Waals surface area (Å²) in [6.07, 6.45) is 2.35. The highest BCUT2D eigenvalue weighted by Crippen LogP contribution is 2.25. The van der Waals surface area contributed by atoms with Gasteiger partial charge in [0.05, 0.1) is 0 Å². The highest BCUT2D eigenvalue weighted by molar-refractivity contribution is 5.77. The number of allylic oxidation sites excluding steroid dienone is 1. The van der Waals surface area contributed by atoms with Gasteiger partial charge in [-0.15, -0.1) is 0 Å². The van der Waals surface area contributed by atoms with E-state index in [0.717, 1.165) is 22.3 Å². The number of rotatable bonds is 9. The quantitative estimate of drug-likeness (QED) is 0.412. The summed E-state index contributed by atoms with van der Waals surface area (Å²) in [5, 5.41) is 9.32. The minimum absolute atomic E-state index is 0.244. The van der Waals surface area contributed by atoms with E-state index in [1.165, 1.54) is 12.1 Å². The maximum Gasteiger partial charge on any atom is 0.347 e. The van der Waals surface area contributed by atoms with Gasteiger partial charge >= 0.3 is 5.97 Å². The molecule has 0 unspecified atom stereocenters. The molecule has 0 aliphatic carbocycles. The fourth-order valence-corrected chi connectivity index (χ4v) is 3.08. The van der Waals surface area contributed by atoms with E-state index in [-0.39, 0.29) is 5.82 Å². The fraction of sp³-hybridized carbons (Fsp3) is 0.222. The van der Waals surface area contributed by atoms with Crippen LogP contribution in [-0.4, -0.2) is 23.3 Å². The van der Waals surface area contributed by atoms with Crippen LogP contribution < -0.4 is 9.47 Å². The van der Waals surface area contributed by atoms with Crippen molar-refractivity contribution in [2.24, 2.45) is 0 Å². The van der Waals surface area contributed by atoms with Gasteiger partial charge in [-0.1, -0.05) is 43.3 Å². The van der Waals surface area contributed by atoms with Gasteiger partial charge in [-0.2, -0.15) is 0 Å². The lowest BCUT2D eigenvalue weighted by atomic mass is 10.0. The molecule has 0 saturated carbocycles. The van der Waals surface area contributed by atoms with Gasteiger partial charge in [0.2, 0.25) is 5.60 Å². The summed E-state index contributed by atoms with van der Waals surface area (Å²) < 4.78 is 24.5. The smallest absolute Gasteiger partial charge is 0.347 e. The lowest BCUT2D eigenvalue weighted by molar-refractivity contribution is -0.154. The Morgan fingerprint density at radius 1 is 0.938 bits per heavy atom. The van der Waals surface area contributed by atoms with Crippen molar-refractivity contribution in [2.45, 2.75) is 32.8 Å². The first kappa shape index (κ1) is 23.1. The van der Waals surface area contributed by atoms with E-state index in [1.54, 1.807) is 50.2 Å². The summed E-state index contributed by atoms with van der Waals surface area (Å²) in [5.74, 6) is -0.0868. The van der Waals surface area contributed by atoms with E-state index in [2.05, 4.69) is 0 Å². The lowest BCUT2D eigenvalue weighted by Crippen LogP contribution is -2.40. The van der Waals surface area contributed by atoms with Gasteiger partial charge < -0.3 is 14.6 Å². The van der Waals surface area contributed by atoms with Crippen molar-refractivity contribution in [3.05, 3.63) is 90.3 Å². The zero-order chi connectivity index (χ0) is 23.1. The van der Waals surface area contributed by atoms with Gasteiger partial charge in [0.15, 0.2) is 0 Å². The second kappa shape index (κ2) is 10.1. The minimum Gasteiger partial charge on any atom is -0.490 e. The molecule has 0 radical (unpaired) electrons. The monoisotopic (exact) mass is 434 g/mol. The number of carboxylic acid groups (broad SMARTS) is 1. The van der Waals surface area contributed by atoms with Crippen molar-refractivity contribution in [3.8, 4) is 22.6 Å². The zero-order valence-corrected chi connectivity index (χ0v) is 18.5. The van der Waals surface area contributed by atoms with Crippen molar-refractivity contribution < 1.29 is 23.8 Å². The summed E-state index contributed by atoms with van der Waals surface area (Å²) in [6.45, 7) is 5.74. The van der Waals surface area contributed by atoms with E-state index in [9.17, 15) is 14.3 Å². The highest BCUT2D eigenvalue weighted by Gasteiger charge is 2.33. The largest absolute Gasteiger partial charge is 0.490 e. The van der Waals surface area contributed by atoms with Crippen LogP contribution in [0.2, 0.25) is 0 Å². The van der Waals surface area contributed by atoms with Crippen molar-refractivity contribution in [2.75, 3.05) is 6.61 Å². The highest BCUT2D eigenvalue weighted by atomic mass is 19.1. The number of aliphatic carboxylic acids is 1. The molecular weight excluding hydrogens is 407 g/mol. The molecule has 4 nitrogen and oxygen atoms in total. The van der Waals surface area contributed by atoms with Crippen molar-refractivity contribution >= 4 is 11.5 Å². The summed E-state index contributed by atoms with van der Waals surface area (Å²) in [6, 6.07) is 21.5. The van der Waals surface area contributed by atoms with Crippen molar-refractivity contribution in [1.82, 2.24) is 0 Å². The fourth-order valence-electron chi connectivity index (χ4n) is 3.08. The molecule has 0 saturated heterocycles. The third-order valence-electron chi connectivity index (χ3n) is 5.45. The third-order valence-corrected chi connectivity index (χ3v) is 5.45. The lowest BCUT2D eigenvalue weighted by Gasteiger charge is -2.24. The Labute approximate surface area is 187 Å². The predicted octanol–water partition coefficient (Wildman–Crippen LogP) is 6.61. The second-order valence-corrected chi connectivity index (χ2v) is 7.75. The summed E-state index contributed by atoms with van der Waals surface area (Å²) in [7, 11) is 0. The Balaban J connectivity index is 1.57. The standard InChI is InChI=1S/C27H27FO4/c1-4-27(3,26(29)30)32-25-15-13-24(14-16-25)31-18-17-19(2)20-5-7-21(8-6-20)22-9-11-23(28)12-10-22/h5-17H,4,18H2,1-3H3,(H,29,30)/t27-/m0/s1. The first-order valence-electron chi connectivity index (χ1n) is 10.5. The Bertz CT molecular complexity index is 1070. The van der Waals surface area contributed by atoms with Gasteiger partial charge in [-0.3, -0.25) is 0 Å². The van der Waals surface area contributed by atoms with Crippen LogP contribution in [0.15, 0.2) is 78.9 Å². The van der Waals surface area contributed by atoms with E-state index in [4.69, 9.17) is 9.47 Å². The molecule has 32 heavy (non-hydrogen) atoms. The number of hydrogen-bond acceptors (Lipinski definition) is 3. The molecule has 0 aromatic heterocycles. The van der Waals surface area contributed by atoms with Gasteiger partial charge in [0.25, 0.3) is 0 Å². The molecule has 166 valence electrons. The minimum atomic E-state index is -1.26. The third kappa shape index (κ3) is 5.76. The van der Waals surface area contributed by atoms with Crippen LogP contribution in [0.5, 0.6) is 11.5 Å². The number of halogens is 1. The molecule has 0 amide bonds. The number of benzene rings is 3. The molecule has 0 heterocycles. The molecule has 3 aromatic carbocycles. The number of hydrogen-bond donors (Lipinski definition) is 1. The Morgan fingerprint density at radius 2 is 1.47 bits per heavy atom. The maximum absolute atomic E-state index is 13.1. The second-order valence-electron chi connectivity index (χ2n) is 7.75. The molecule has 0 spiro atoms. The number of carbonyl (C=O) groups is 1. The van der Waals surface area contributed by atoms with E-state index in [0.29, 0.717) is 24.5 Å². The summed E-state index contributed by atoms with van der Waals surface area (Å²) >= 11 is 0. The van der Waals surface area contributed by atoms with Gasteiger partial charge in [0.1, 0.15) is 23.9 Å². The van der Waals surface area contributed by atoms with Crippen molar-refractivity contribution in [1.29, 1.82) is 0 Å². The summed E-state index contributed by atoms with van der Waals surface area (Å²) in [5.41, 5.74) is 2.90. The molecule has 0 fully saturated rings. The zero-order valence-electron chi connectivity index (χ0n) is 18.5. The topological polar surface area (TPSA) is 55.8 Å². The first-order chi connectivity index (χ1) is 15.3. The molecular formula is C27H27FO4. The predicted molar refractivity (Wildman–Crippen MR) is 124 cm³/mol. The molecule has 0 bridgehead atoms. The number of carboxylic acids is 1. The van der Waals surface area contributed by atoms with E-state index < -0.39 is 11.6 Å². The van der Waals surface area contributed by atoms with E-state index in [1.807, 2.05) is 37.3 Å². The molecule has 1 N–H and O–H groups in total. The summed E-state index contributed by atoms with van der Waals surface area (Å²) in [4.78, 5) is 11.4. The van der Waals surface area contributed by atoms with Gasteiger partial charge in [-0.25, -0.2) is 9.18 Å². The first-order valence-corrected chi connectivity index (χ1v) is 10.5. The van der Waals surface area contributed by atoms with Crippen LogP contribution in [0.4, 0.5) is 4.39 Å². The van der Waals surface area contributed by atoms with Crippen LogP contribution in [0.3, 0.4) is 0 Å². The van der Waals surface area contributed by atoms with Crippen LogP contribution in [0, 0.1) is 5.82 Å². The average Bonchev–Trinajstić information content (AvgIpc) is 2.80. The number of ether oxygens (including phenoxy) is 2. The van der Waals surface area contributed by atoms with Crippen LogP contribution >= 0.6 is 0 Å². The normalized spacial score (nSPS) is 13.3. The van der Waals surface area contributed by atoms with Gasteiger partial charge in [-0.05, 0) is 85.0 Å². The molecule has 1 atom stereocenters. The Hall–Kier alpha value is -3.60. The molecule has 5 heteroatoms. The SMILES string of the molecule is CC[C@](C)(Oc1ccc(OCC=C(C)c2ccc(-c3ccc(F)cc3)cc2)cc1)C(=O)O. The Morgan fingerprint density at radius 3 is 2.00 bits per heavy atom. The molecule has 0 aliphatic rings. The van der Waals surface area contributed by atoms with Crippen LogP contribution in [0.25, 0.3) is 16.7 Å². The van der Waals surface area contributed by atoms with Gasteiger partial charge in [0, 0.05) is 0 Å². The van der Waals surface area contributed by atoms with Crippen LogP contribution in [-0.2, 0) is 4.79 Å². The maximum atomic E-state index is 13.1. The van der Waals surface area contributed by atoms with E-state index >= 15 is 0 Å². The molecule has 3 rings (SSSR count). The van der Waals surface area contributed by atoms with Crippen molar-refractivity contribution in [3.63, 3.8) is 0 Å². The van der Waals surface area contributed by atoms with Crippen LogP contribution in [0.1, 0.15) is 32.8 Å². The Kier molecular flexibility index (Phi) is 7.31.